The Kier molecular flexibility index (Phi) is 22.6. The van der Waals surface area contributed by atoms with E-state index in [1.54, 1.807) is 0 Å². The van der Waals surface area contributed by atoms with Crippen LogP contribution >= 0.6 is 0 Å². The van der Waals surface area contributed by atoms with Crippen molar-refractivity contribution in [1.29, 1.82) is 0 Å². The number of rotatable bonds is 22. The molecule has 0 aliphatic heterocycles. The fourth-order valence-electron chi connectivity index (χ4n) is 2.64. The van der Waals surface area contributed by atoms with Crippen LogP contribution in [0.25, 0.3) is 0 Å². The molecule has 6 heteroatoms. The number of hydrogen-bond donors (Lipinski definition) is 1. The van der Waals surface area contributed by atoms with E-state index < -0.39 is 0 Å². The molecule has 158 valence electrons. The van der Waals surface area contributed by atoms with Crippen molar-refractivity contribution < 1.29 is 28.8 Å². The molecule has 1 unspecified atom stereocenters. The first kappa shape index (κ1) is 25.8. The van der Waals surface area contributed by atoms with Crippen molar-refractivity contribution in [3.05, 3.63) is 0 Å². The Morgan fingerprint density at radius 2 is 1.04 bits per heavy atom. The molecule has 0 aromatic carbocycles. The third-order valence-electron chi connectivity index (χ3n) is 4.15. The van der Waals surface area contributed by atoms with Crippen LogP contribution in [0.1, 0.15) is 52.4 Å². The van der Waals surface area contributed by atoms with Crippen LogP contribution in [0.15, 0.2) is 0 Å². The zero-order valence-corrected chi connectivity index (χ0v) is 17.1. The molecule has 0 rings (SSSR count). The minimum atomic E-state index is 0.0482. The number of hydrogen-bond acceptors (Lipinski definition) is 6. The second kappa shape index (κ2) is 22.8. The quantitative estimate of drug-likeness (QED) is 0.292. The second-order valence-electron chi connectivity index (χ2n) is 6.34. The molecule has 26 heavy (non-hydrogen) atoms. The molecule has 0 aromatic rings. The van der Waals surface area contributed by atoms with Gasteiger partial charge >= 0.3 is 0 Å². The maximum Gasteiger partial charge on any atom is 0.0701 e. The molecule has 0 radical (unpaired) electrons. The first-order valence-electron chi connectivity index (χ1n) is 10.3. The molecule has 0 bridgehead atoms. The number of aliphatic hydroxyl groups excluding tert-OH is 1. The average molecular weight is 379 g/mol. The molecular weight excluding hydrogens is 336 g/mol. The van der Waals surface area contributed by atoms with Gasteiger partial charge in [0.25, 0.3) is 0 Å². The molecule has 6 nitrogen and oxygen atoms in total. The Balaban J connectivity index is 3.07. The Bertz CT molecular complexity index is 252. The zero-order valence-electron chi connectivity index (χ0n) is 17.1. The molecule has 0 saturated carbocycles. The highest BCUT2D eigenvalue weighted by molar-refractivity contribution is 4.56. The molecule has 1 atom stereocenters. The average Bonchev–Trinajstić information content (AvgIpc) is 2.66. The van der Waals surface area contributed by atoms with E-state index in [2.05, 4.69) is 13.8 Å². The summed E-state index contributed by atoms with van der Waals surface area (Å²) in [6.07, 6.45) is 7.70. The lowest BCUT2D eigenvalue weighted by atomic mass is 9.95. The van der Waals surface area contributed by atoms with Crippen LogP contribution in [0.5, 0.6) is 0 Å². The molecular formula is C20H42O6. The van der Waals surface area contributed by atoms with Crippen molar-refractivity contribution in [2.24, 2.45) is 5.92 Å². The van der Waals surface area contributed by atoms with Crippen LogP contribution in [0.4, 0.5) is 0 Å². The van der Waals surface area contributed by atoms with E-state index in [1.165, 1.54) is 32.1 Å². The fraction of sp³-hybridized carbons (Fsp3) is 1.00. The molecule has 1 N–H and O–H groups in total. The number of aliphatic hydroxyl groups is 1. The van der Waals surface area contributed by atoms with Crippen molar-refractivity contribution in [2.75, 3.05) is 72.7 Å². The van der Waals surface area contributed by atoms with Gasteiger partial charge < -0.3 is 28.8 Å². The van der Waals surface area contributed by atoms with Crippen molar-refractivity contribution in [3.8, 4) is 0 Å². The van der Waals surface area contributed by atoms with Gasteiger partial charge in [-0.25, -0.2) is 0 Å². The van der Waals surface area contributed by atoms with E-state index in [1.807, 2.05) is 0 Å². The Morgan fingerprint density at radius 3 is 1.46 bits per heavy atom. The van der Waals surface area contributed by atoms with Crippen LogP contribution < -0.4 is 0 Å². The molecule has 0 aromatic heterocycles. The summed E-state index contributed by atoms with van der Waals surface area (Å²) < 4.78 is 26.9. The van der Waals surface area contributed by atoms with Gasteiger partial charge in [-0.3, -0.25) is 0 Å². The summed E-state index contributed by atoms with van der Waals surface area (Å²) in [5.74, 6) is 0.897. The maximum absolute atomic E-state index is 8.53. The van der Waals surface area contributed by atoms with E-state index >= 15 is 0 Å². The third-order valence-corrected chi connectivity index (χ3v) is 4.15. The van der Waals surface area contributed by atoms with Gasteiger partial charge in [0, 0.05) is 6.61 Å². The predicted molar refractivity (Wildman–Crippen MR) is 104 cm³/mol. The van der Waals surface area contributed by atoms with E-state index in [-0.39, 0.29) is 6.61 Å². The first-order chi connectivity index (χ1) is 12.8. The Morgan fingerprint density at radius 1 is 0.577 bits per heavy atom. The molecule has 0 heterocycles. The highest BCUT2D eigenvalue weighted by Gasteiger charge is 2.04. The monoisotopic (exact) mass is 378 g/mol. The largest absolute Gasteiger partial charge is 0.394 e. The van der Waals surface area contributed by atoms with Gasteiger partial charge in [-0.2, -0.15) is 0 Å². The maximum atomic E-state index is 8.53. The summed E-state index contributed by atoms with van der Waals surface area (Å²) in [5, 5.41) is 8.53. The van der Waals surface area contributed by atoms with Crippen LogP contribution in [0.3, 0.4) is 0 Å². The highest BCUT2D eigenvalue weighted by Crippen LogP contribution is 2.17. The van der Waals surface area contributed by atoms with E-state index in [4.69, 9.17) is 28.8 Å². The normalized spacial score (nSPS) is 12.6. The summed E-state index contributed by atoms with van der Waals surface area (Å²) in [4.78, 5) is 0. The van der Waals surface area contributed by atoms with Gasteiger partial charge in [0.15, 0.2) is 0 Å². The van der Waals surface area contributed by atoms with Gasteiger partial charge in [0.1, 0.15) is 0 Å². The van der Waals surface area contributed by atoms with Gasteiger partial charge in [-0.1, -0.05) is 46.0 Å². The topological polar surface area (TPSA) is 66.4 Å². The van der Waals surface area contributed by atoms with Crippen LogP contribution in [0, 0.1) is 5.92 Å². The minimum Gasteiger partial charge on any atom is -0.394 e. The lowest BCUT2D eigenvalue weighted by molar-refractivity contribution is -0.0134. The van der Waals surface area contributed by atoms with Crippen LogP contribution in [-0.2, 0) is 23.7 Å². The molecule has 0 fully saturated rings. The van der Waals surface area contributed by atoms with Gasteiger partial charge in [-0.15, -0.1) is 0 Å². The van der Waals surface area contributed by atoms with Gasteiger partial charge in [0.2, 0.25) is 0 Å². The van der Waals surface area contributed by atoms with E-state index in [9.17, 15) is 0 Å². The van der Waals surface area contributed by atoms with E-state index in [0.29, 0.717) is 59.5 Å². The Hall–Kier alpha value is -0.240. The van der Waals surface area contributed by atoms with Crippen molar-refractivity contribution >= 4 is 0 Å². The van der Waals surface area contributed by atoms with Crippen LogP contribution in [-0.4, -0.2) is 77.8 Å². The molecule has 0 spiro atoms. The van der Waals surface area contributed by atoms with E-state index in [0.717, 1.165) is 18.9 Å². The summed E-state index contributed by atoms with van der Waals surface area (Å²) >= 11 is 0. The highest BCUT2D eigenvalue weighted by atomic mass is 16.6. The van der Waals surface area contributed by atoms with Gasteiger partial charge in [-0.05, 0) is 12.3 Å². The molecule has 0 amide bonds. The first-order valence-corrected chi connectivity index (χ1v) is 10.3. The zero-order chi connectivity index (χ0) is 19.1. The smallest absolute Gasteiger partial charge is 0.0701 e. The predicted octanol–water partition coefficient (Wildman–Crippen LogP) is 3.06. The second-order valence-corrected chi connectivity index (χ2v) is 6.34. The number of ether oxygens (including phenoxy) is 5. The standard InChI is InChI=1S/C20H42O6/c1-3-7-20(4-2)8-5-6-10-22-12-14-24-16-18-26-19-17-25-15-13-23-11-9-21/h20-21H,3-19H2,1-2H3. The molecule has 0 aliphatic rings. The summed E-state index contributed by atoms with van der Waals surface area (Å²) in [6.45, 7) is 10.4. The fourth-order valence-corrected chi connectivity index (χ4v) is 2.64. The van der Waals surface area contributed by atoms with Crippen molar-refractivity contribution in [3.63, 3.8) is 0 Å². The lowest BCUT2D eigenvalue weighted by Crippen LogP contribution is -2.13. The van der Waals surface area contributed by atoms with Crippen molar-refractivity contribution in [1.82, 2.24) is 0 Å². The molecule has 0 aliphatic carbocycles. The summed E-state index contributed by atoms with van der Waals surface area (Å²) in [7, 11) is 0. The van der Waals surface area contributed by atoms with Gasteiger partial charge in [0.05, 0.1) is 66.1 Å². The van der Waals surface area contributed by atoms with Crippen LogP contribution in [0.2, 0.25) is 0 Å². The lowest BCUT2D eigenvalue weighted by Gasteiger charge is -2.13. The SMILES string of the molecule is CCCC(CC)CCCCOCCOCCOCCOCCOCCO. The van der Waals surface area contributed by atoms with Crippen molar-refractivity contribution in [2.45, 2.75) is 52.4 Å². The Labute approximate surface area is 160 Å². The number of unbranched alkanes of at least 4 members (excludes halogenated alkanes) is 1. The molecule has 0 saturated heterocycles. The summed E-state index contributed by atoms with van der Waals surface area (Å²) in [5.41, 5.74) is 0. The third kappa shape index (κ3) is 20.1. The summed E-state index contributed by atoms with van der Waals surface area (Å²) in [6, 6.07) is 0. The minimum absolute atomic E-state index is 0.0482.